The quantitative estimate of drug-likeness (QED) is 0.714. The zero-order valence-electron chi connectivity index (χ0n) is 8.16. The molecule has 0 saturated carbocycles. The van der Waals surface area contributed by atoms with Gasteiger partial charge in [0.15, 0.2) is 0 Å². The van der Waals surface area contributed by atoms with Crippen LogP contribution in [0, 0.1) is 0 Å². The normalized spacial score (nSPS) is 10.1. The summed E-state index contributed by atoms with van der Waals surface area (Å²) in [7, 11) is 1.55. The van der Waals surface area contributed by atoms with Crippen LogP contribution >= 0.6 is 0 Å². The van der Waals surface area contributed by atoms with Gasteiger partial charge in [0.1, 0.15) is 5.78 Å². The van der Waals surface area contributed by atoms with Gasteiger partial charge in [0.25, 0.3) is 5.56 Å². The molecule has 0 aliphatic heterocycles. The van der Waals surface area contributed by atoms with Crippen molar-refractivity contribution in [3.05, 3.63) is 32.6 Å². The second-order valence-corrected chi connectivity index (χ2v) is 3.23. The standard InChI is InChI=1S/C9H12N2O3/c1-6(12)3-4-7-5-11(2)9(14)10-8(7)13/h5H,3-4H2,1-2H3,(H,10,13,14). The topological polar surface area (TPSA) is 71.9 Å². The molecule has 1 heterocycles. The van der Waals surface area contributed by atoms with Crippen molar-refractivity contribution in [3.63, 3.8) is 0 Å². The molecule has 0 aliphatic rings. The number of aryl methyl sites for hydroxylation is 2. The fourth-order valence-electron chi connectivity index (χ4n) is 1.11. The number of nitrogens with zero attached hydrogens (tertiary/aromatic N) is 1. The number of aromatic nitrogens is 2. The number of aromatic amines is 1. The first-order chi connectivity index (χ1) is 6.50. The van der Waals surface area contributed by atoms with E-state index in [9.17, 15) is 14.4 Å². The molecule has 0 atom stereocenters. The van der Waals surface area contributed by atoms with Crippen LogP contribution in [0.2, 0.25) is 0 Å². The van der Waals surface area contributed by atoms with E-state index in [0.29, 0.717) is 18.4 Å². The number of carbonyl (C=O) groups excluding carboxylic acids is 1. The number of H-pyrrole nitrogens is 1. The van der Waals surface area contributed by atoms with Gasteiger partial charge in [-0.05, 0) is 13.3 Å². The molecule has 1 aromatic rings. The summed E-state index contributed by atoms with van der Waals surface area (Å²) in [5.74, 6) is 0.0262. The van der Waals surface area contributed by atoms with Gasteiger partial charge >= 0.3 is 5.69 Å². The highest BCUT2D eigenvalue weighted by molar-refractivity contribution is 5.75. The minimum absolute atomic E-state index is 0.0262. The molecule has 5 nitrogen and oxygen atoms in total. The van der Waals surface area contributed by atoms with Crippen LogP contribution in [-0.2, 0) is 18.3 Å². The van der Waals surface area contributed by atoms with E-state index in [1.165, 1.54) is 17.7 Å². The van der Waals surface area contributed by atoms with Crippen molar-refractivity contribution in [2.75, 3.05) is 0 Å². The van der Waals surface area contributed by atoms with Crippen molar-refractivity contribution in [1.29, 1.82) is 0 Å². The molecule has 76 valence electrons. The molecule has 0 amide bonds. The Morgan fingerprint density at radius 1 is 1.50 bits per heavy atom. The number of ketones is 1. The maximum atomic E-state index is 11.2. The Labute approximate surface area is 80.4 Å². The van der Waals surface area contributed by atoms with Gasteiger partial charge in [-0.2, -0.15) is 0 Å². The summed E-state index contributed by atoms with van der Waals surface area (Å²) in [6.07, 6.45) is 2.16. The molecule has 0 aliphatic carbocycles. The Balaban J connectivity index is 2.99. The average molecular weight is 196 g/mol. The van der Waals surface area contributed by atoms with Crippen LogP contribution in [0.3, 0.4) is 0 Å². The first kappa shape index (κ1) is 10.4. The van der Waals surface area contributed by atoms with E-state index in [-0.39, 0.29) is 5.78 Å². The van der Waals surface area contributed by atoms with E-state index >= 15 is 0 Å². The van der Waals surface area contributed by atoms with E-state index in [1.807, 2.05) is 0 Å². The lowest BCUT2D eigenvalue weighted by Crippen LogP contribution is -2.30. The smallest absolute Gasteiger partial charge is 0.303 e. The molecule has 1 aromatic heterocycles. The predicted molar refractivity (Wildman–Crippen MR) is 51.3 cm³/mol. The monoisotopic (exact) mass is 196 g/mol. The zero-order valence-corrected chi connectivity index (χ0v) is 8.16. The summed E-state index contributed by atoms with van der Waals surface area (Å²) in [6, 6.07) is 0. The lowest BCUT2D eigenvalue weighted by atomic mass is 10.1. The van der Waals surface area contributed by atoms with Crippen molar-refractivity contribution in [2.45, 2.75) is 19.8 Å². The second kappa shape index (κ2) is 4.04. The molecule has 0 bridgehead atoms. The summed E-state index contributed by atoms with van der Waals surface area (Å²) in [4.78, 5) is 35.1. The van der Waals surface area contributed by atoms with Crippen molar-refractivity contribution in [3.8, 4) is 0 Å². The Kier molecular flexibility index (Phi) is 3.01. The molecule has 5 heteroatoms. The fraction of sp³-hybridized carbons (Fsp3) is 0.444. The second-order valence-electron chi connectivity index (χ2n) is 3.23. The van der Waals surface area contributed by atoms with E-state index in [4.69, 9.17) is 0 Å². The molecular weight excluding hydrogens is 184 g/mol. The maximum Gasteiger partial charge on any atom is 0.328 e. The molecule has 0 spiro atoms. The third kappa shape index (κ3) is 2.42. The van der Waals surface area contributed by atoms with Gasteiger partial charge < -0.3 is 9.36 Å². The van der Waals surface area contributed by atoms with Crippen molar-refractivity contribution >= 4 is 5.78 Å². The summed E-state index contributed by atoms with van der Waals surface area (Å²) < 4.78 is 1.29. The van der Waals surface area contributed by atoms with Crippen LogP contribution in [0.15, 0.2) is 15.8 Å². The highest BCUT2D eigenvalue weighted by Crippen LogP contribution is 1.94. The highest BCUT2D eigenvalue weighted by Gasteiger charge is 2.03. The van der Waals surface area contributed by atoms with Gasteiger partial charge in [0.05, 0.1) is 0 Å². The van der Waals surface area contributed by atoms with Crippen LogP contribution in [-0.4, -0.2) is 15.3 Å². The van der Waals surface area contributed by atoms with Gasteiger partial charge in [-0.15, -0.1) is 0 Å². The maximum absolute atomic E-state index is 11.2. The van der Waals surface area contributed by atoms with E-state index < -0.39 is 11.2 Å². The minimum atomic E-state index is -0.443. The lowest BCUT2D eigenvalue weighted by molar-refractivity contribution is -0.116. The number of hydrogen-bond donors (Lipinski definition) is 1. The number of nitrogens with one attached hydrogen (secondary N) is 1. The number of hydrogen-bond acceptors (Lipinski definition) is 3. The summed E-state index contributed by atoms with van der Waals surface area (Å²) >= 11 is 0. The third-order valence-electron chi connectivity index (χ3n) is 1.93. The summed E-state index contributed by atoms with van der Waals surface area (Å²) in [6.45, 7) is 1.47. The average Bonchev–Trinajstić information content (AvgIpc) is 2.09. The predicted octanol–water partition coefficient (Wildman–Crippen LogP) is -0.405. The number of carbonyl (C=O) groups is 1. The zero-order chi connectivity index (χ0) is 10.7. The summed E-state index contributed by atoms with van der Waals surface area (Å²) in [5.41, 5.74) is -0.391. The van der Waals surface area contributed by atoms with Crippen LogP contribution in [0.4, 0.5) is 0 Å². The van der Waals surface area contributed by atoms with Gasteiger partial charge in [-0.1, -0.05) is 0 Å². The van der Waals surface area contributed by atoms with Crippen LogP contribution < -0.4 is 11.2 Å². The molecule has 0 unspecified atom stereocenters. The van der Waals surface area contributed by atoms with Gasteiger partial charge in [0.2, 0.25) is 0 Å². The minimum Gasteiger partial charge on any atom is -0.303 e. The van der Waals surface area contributed by atoms with E-state index in [1.54, 1.807) is 7.05 Å². The van der Waals surface area contributed by atoms with E-state index in [0.717, 1.165) is 0 Å². The number of rotatable bonds is 3. The summed E-state index contributed by atoms with van der Waals surface area (Å²) in [5, 5.41) is 0. The van der Waals surface area contributed by atoms with Crippen molar-refractivity contribution < 1.29 is 4.79 Å². The molecule has 0 saturated heterocycles. The third-order valence-corrected chi connectivity index (χ3v) is 1.93. The van der Waals surface area contributed by atoms with Crippen molar-refractivity contribution in [2.24, 2.45) is 7.05 Å². The van der Waals surface area contributed by atoms with Crippen LogP contribution in [0.25, 0.3) is 0 Å². The van der Waals surface area contributed by atoms with Crippen LogP contribution in [0.1, 0.15) is 18.9 Å². The van der Waals surface area contributed by atoms with Gasteiger partial charge in [0, 0.05) is 25.2 Å². The Bertz CT molecular complexity index is 456. The molecule has 0 aromatic carbocycles. The first-order valence-electron chi connectivity index (χ1n) is 4.29. The van der Waals surface area contributed by atoms with E-state index in [2.05, 4.69) is 4.98 Å². The largest absolute Gasteiger partial charge is 0.328 e. The molecule has 0 fully saturated rings. The van der Waals surface area contributed by atoms with Crippen molar-refractivity contribution in [1.82, 2.24) is 9.55 Å². The van der Waals surface area contributed by atoms with Gasteiger partial charge in [-0.3, -0.25) is 9.78 Å². The Hall–Kier alpha value is -1.65. The number of Topliss-reactive ketones (excluding diaryl/α,β-unsaturated/α-hetero) is 1. The highest BCUT2D eigenvalue weighted by atomic mass is 16.2. The lowest BCUT2D eigenvalue weighted by Gasteiger charge is -2.00. The molecule has 0 radical (unpaired) electrons. The fourth-order valence-corrected chi connectivity index (χ4v) is 1.11. The molecule has 1 N–H and O–H groups in total. The first-order valence-corrected chi connectivity index (χ1v) is 4.29. The molecule has 1 rings (SSSR count). The Morgan fingerprint density at radius 2 is 2.14 bits per heavy atom. The van der Waals surface area contributed by atoms with Crippen LogP contribution in [0.5, 0.6) is 0 Å². The Morgan fingerprint density at radius 3 is 2.71 bits per heavy atom. The van der Waals surface area contributed by atoms with Gasteiger partial charge in [-0.25, -0.2) is 4.79 Å². The SMILES string of the molecule is CC(=O)CCc1cn(C)c(=O)[nH]c1=O. The molecule has 14 heavy (non-hydrogen) atoms. The molecular formula is C9H12N2O3.